The summed E-state index contributed by atoms with van der Waals surface area (Å²) in [7, 11) is -3.73. The van der Waals surface area contributed by atoms with Crippen molar-refractivity contribution < 1.29 is 18.3 Å². The number of carbonyl (C=O) groups is 1. The smallest absolute Gasteiger partial charge is 0.335 e. The monoisotopic (exact) mass is 436 g/mol. The summed E-state index contributed by atoms with van der Waals surface area (Å²) >= 11 is 0. The van der Waals surface area contributed by atoms with E-state index in [0.29, 0.717) is 12.1 Å². The number of aromatic carboxylic acids is 1. The topological polar surface area (TPSA) is 95.5 Å². The van der Waals surface area contributed by atoms with Gasteiger partial charge in [0, 0.05) is 11.4 Å². The van der Waals surface area contributed by atoms with Crippen molar-refractivity contribution in [2.75, 3.05) is 10.0 Å². The number of anilines is 2. The highest BCUT2D eigenvalue weighted by Gasteiger charge is 2.36. The number of benzene rings is 3. The van der Waals surface area contributed by atoms with Gasteiger partial charge in [0.25, 0.3) is 10.0 Å². The second-order valence-electron chi connectivity index (χ2n) is 8.46. The molecule has 0 fully saturated rings. The minimum absolute atomic E-state index is 0.137. The third-order valence-corrected chi connectivity index (χ3v) is 6.99. The van der Waals surface area contributed by atoms with Crippen molar-refractivity contribution in [3.63, 3.8) is 0 Å². The molecule has 6 nitrogen and oxygen atoms in total. The van der Waals surface area contributed by atoms with E-state index in [-0.39, 0.29) is 21.9 Å². The van der Waals surface area contributed by atoms with Crippen molar-refractivity contribution in [3.8, 4) is 0 Å². The Balaban J connectivity index is 1.66. The first-order chi connectivity index (χ1) is 14.7. The summed E-state index contributed by atoms with van der Waals surface area (Å²) in [4.78, 5) is 11.5. The summed E-state index contributed by atoms with van der Waals surface area (Å²) in [6, 6.07) is 20.6. The van der Waals surface area contributed by atoms with E-state index in [9.17, 15) is 18.3 Å². The largest absolute Gasteiger partial charge is 0.478 e. The molecule has 0 amide bonds. The Bertz CT molecular complexity index is 1240. The fraction of sp³-hybridized carbons (Fsp3) is 0.208. The number of nitrogens with one attached hydrogen (secondary N) is 2. The number of fused-ring (bicyclic) bond motifs is 1. The zero-order valence-electron chi connectivity index (χ0n) is 17.3. The fourth-order valence-electron chi connectivity index (χ4n) is 4.07. The molecule has 7 heteroatoms. The number of sulfonamides is 1. The number of carboxylic acid groups (broad SMARTS) is 1. The average Bonchev–Trinajstić information content (AvgIpc) is 2.72. The Morgan fingerprint density at radius 3 is 2.48 bits per heavy atom. The maximum atomic E-state index is 12.9. The van der Waals surface area contributed by atoms with Gasteiger partial charge in [-0.3, -0.25) is 4.72 Å². The van der Waals surface area contributed by atoms with Gasteiger partial charge in [-0.2, -0.15) is 0 Å². The molecule has 0 aliphatic carbocycles. The first-order valence-corrected chi connectivity index (χ1v) is 11.4. The molecule has 1 unspecified atom stereocenters. The molecule has 3 N–H and O–H groups in total. The standard InChI is InChI=1S/C24H24N2O4S/c1-24(2)15-18-13-17(23(27)28)11-12-21(18)25-22(24)16-7-6-10-20(14-16)31(29,30)26-19-8-4-3-5-9-19/h3-14,22,25-26H,15H2,1-2H3,(H,27,28). The molecule has 160 valence electrons. The molecule has 0 saturated carbocycles. The van der Waals surface area contributed by atoms with Crippen molar-refractivity contribution in [1.29, 1.82) is 0 Å². The van der Waals surface area contributed by atoms with Crippen LogP contribution in [0.2, 0.25) is 0 Å². The molecule has 4 rings (SSSR count). The number of hydrogen-bond donors (Lipinski definition) is 3. The van der Waals surface area contributed by atoms with E-state index in [0.717, 1.165) is 16.8 Å². The highest BCUT2D eigenvalue weighted by Crippen LogP contribution is 2.45. The maximum Gasteiger partial charge on any atom is 0.335 e. The minimum atomic E-state index is -3.73. The molecular formula is C24H24N2O4S. The van der Waals surface area contributed by atoms with Crippen LogP contribution in [0.5, 0.6) is 0 Å². The molecule has 1 heterocycles. The lowest BCUT2D eigenvalue weighted by Crippen LogP contribution is -2.35. The molecule has 31 heavy (non-hydrogen) atoms. The molecule has 1 aliphatic heterocycles. The van der Waals surface area contributed by atoms with Crippen LogP contribution in [-0.4, -0.2) is 19.5 Å². The lowest BCUT2D eigenvalue weighted by Gasteiger charge is -2.41. The Morgan fingerprint density at radius 2 is 1.77 bits per heavy atom. The van der Waals surface area contributed by atoms with Crippen LogP contribution >= 0.6 is 0 Å². The second-order valence-corrected chi connectivity index (χ2v) is 10.1. The SMILES string of the molecule is CC1(C)Cc2cc(C(=O)O)ccc2NC1c1cccc(S(=O)(=O)Nc2ccccc2)c1. The van der Waals surface area contributed by atoms with Crippen LogP contribution in [0.15, 0.2) is 77.7 Å². The highest BCUT2D eigenvalue weighted by atomic mass is 32.2. The van der Waals surface area contributed by atoms with Gasteiger partial charge in [-0.25, -0.2) is 13.2 Å². The van der Waals surface area contributed by atoms with E-state index < -0.39 is 16.0 Å². The average molecular weight is 437 g/mol. The molecule has 0 saturated heterocycles. The Hall–Kier alpha value is -3.32. The van der Waals surface area contributed by atoms with Crippen molar-refractivity contribution in [3.05, 3.63) is 89.5 Å². The van der Waals surface area contributed by atoms with E-state index in [2.05, 4.69) is 23.9 Å². The molecule has 0 aromatic heterocycles. The minimum Gasteiger partial charge on any atom is -0.478 e. The maximum absolute atomic E-state index is 12.9. The van der Waals surface area contributed by atoms with Crippen LogP contribution < -0.4 is 10.0 Å². The van der Waals surface area contributed by atoms with Gasteiger partial charge in [0.2, 0.25) is 0 Å². The summed E-state index contributed by atoms with van der Waals surface area (Å²) < 4.78 is 28.4. The Morgan fingerprint density at radius 1 is 1.03 bits per heavy atom. The molecule has 1 aliphatic rings. The Kier molecular flexibility index (Phi) is 5.23. The third kappa shape index (κ3) is 4.27. The molecule has 1 atom stereocenters. The predicted octanol–water partition coefficient (Wildman–Crippen LogP) is 4.92. The lowest BCUT2D eigenvalue weighted by molar-refractivity contribution is 0.0696. The molecule has 3 aromatic carbocycles. The van der Waals surface area contributed by atoms with Crippen LogP contribution in [0.4, 0.5) is 11.4 Å². The van der Waals surface area contributed by atoms with Gasteiger partial charge in [0.1, 0.15) is 0 Å². The number of carboxylic acids is 1. The van der Waals surface area contributed by atoms with Gasteiger partial charge in [0.15, 0.2) is 0 Å². The predicted molar refractivity (Wildman–Crippen MR) is 121 cm³/mol. The zero-order chi connectivity index (χ0) is 22.2. The number of para-hydroxylation sites is 1. The highest BCUT2D eigenvalue weighted by molar-refractivity contribution is 7.92. The van der Waals surface area contributed by atoms with E-state index in [1.54, 1.807) is 60.7 Å². The van der Waals surface area contributed by atoms with Gasteiger partial charge in [-0.15, -0.1) is 0 Å². The van der Waals surface area contributed by atoms with Crippen LogP contribution in [0.3, 0.4) is 0 Å². The van der Waals surface area contributed by atoms with E-state index in [1.165, 1.54) is 0 Å². The van der Waals surface area contributed by atoms with Crippen LogP contribution in [0.25, 0.3) is 0 Å². The normalized spacial score (nSPS) is 17.3. The first kappa shape index (κ1) is 20.9. The summed E-state index contributed by atoms with van der Waals surface area (Å²) in [5, 5.41) is 12.8. The van der Waals surface area contributed by atoms with Gasteiger partial charge < -0.3 is 10.4 Å². The molecule has 0 radical (unpaired) electrons. The Labute approximate surface area is 182 Å². The lowest BCUT2D eigenvalue weighted by atomic mass is 9.73. The van der Waals surface area contributed by atoms with Gasteiger partial charge in [0.05, 0.1) is 16.5 Å². The van der Waals surface area contributed by atoms with Crippen LogP contribution in [0.1, 0.15) is 41.4 Å². The molecule has 0 spiro atoms. The molecule has 0 bridgehead atoms. The molecule has 3 aromatic rings. The van der Waals surface area contributed by atoms with Crippen molar-refractivity contribution in [2.24, 2.45) is 5.41 Å². The van der Waals surface area contributed by atoms with Gasteiger partial charge >= 0.3 is 5.97 Å². The fourth-order valence-corrected chi connectivity index (χ4v) is 5.19. The number of rotatable bonds is 5. The van der Waals surface area contributed by atoms with Gasteiger partial charge in [-0.1, -0.05) is 44.2 Å². The quantitative estimate of drug-likeness (QED) is 0.528. The van der Waals surface area contributed by atoms with E-state index in [4.69, 9.17) is 0 Å². The summed E-state index contributed by atoms with van der Waals surface area (Å²) in [6.07, 6.45) is 0.667. The van der Waals surface area contributed by atoms with E-state index in [1.807, 2.05) is 12.1 Å². The van der Waals surface area contributed by atoms with Gasteiger partial charge in [-0.05, 0) is 65.4 Å². The van der Waals surface area contributed by atoms with E-state index >= 15 is 0 Å². The summed E-state index contributed by atoms with van der Waals surface area (Å²) in [5.74, 6) is -0.952. The summed E-state index contributed by atoms with van der Waals surface area (Å²) in [5.41, 5.74) is 3.16. The van der Waals surface area contributed by atoms with Crippen molar-refractivity contribution in [1.82, 2.24) is 0 Å². The third-order valence-electron chi connectivity index (χ3n) is 5.61. The first-order valence-electron chi connectivity index (χ1n) is 9.96. The zero-order valence-corrected chi connectivity index (χ0v) is 18.1. The van der Waals surface area contributed by atoms with Crippen molar-refractivity contribution in [2.45, 2.75) is 31.2 Å². The summed E-state index contributed by atoms with van der Waals surface area (Å²) in [6.45, 7) is 4.18. The second kappa shape index (κ2) is 7.74. The van der Waals surface area contributed by atoms with Crippen molar-refractivity contribution >= 4 is 27.4 Å². The van der Waals surface area contributed by atoms with Crippen LogP contribution in [-0.2, 0) is 16.4 Å². The number of hydrogen-bond acceptors (Lipinski definition) is 4. The molecular weight excluding hydrogens is 412 g/mol. The van der Waals surface area contributed by atoms with Crippen LogP contribution in [0, 0.1) is 5.41 Å².